The molecular formula is C13H22BrN3O. The van der Waals surface area contributed by atoms with E-state index in [1.807, 2.05) is 17.9 Å². The molecule has 5 heteroatoms. The molecule has 102 valence electrons. The number of amides is 1. The fourth-order valence-electron chi connectivity index (χ4n) is 1.90. The Kier molecular flexibility index (Phi) is 6.39. The van der Waals surface area contributed by atoms with Gasteiger partial charge in [0.25, 0.3) is 5.91 Å². The standard InChI is InChI=1S/C13H22BrN3O/c1-4-8-16(9-7-14)13(18)12-10-11(5-2)15-17(12)6-3/h10H,4-9H2,1-3H3. The summed E-state index contributed by atoms with van der Waals surface area (Å²) in [5, 5.41) is 5.23. The lowest BCUT2D eigenvalue weighted by atomic mass is 10.2. The van der Waals surface area contributed by atoms with E-state index in [-0.39, 0.29) is 5.91 Å². The van der Waals surface area contributed by atoms with Crippen molar-refractivity contribution in [1.82, 2.24) is 14.7 Å². The highest BCUT2D eigenvalue weighted by Crippen LogP contribution is 2.10. The lowest BCUT2D eigenvalue weighted by Crippen LogP contribution is -2.34. The van der Waals surface area contributed by atoms with Crippen LogP contribution in [0.5, 0.6) is 0 Å². The number of aryl methyl sites for hydroxylation is 2. The second kappa shape index (κ2) is 7.56. The third-order valence-corrected chi connectivity index (χ3v) is 3.20. The molecule has 1 rings (SSSR count). The van der Waals surface area contributed by atoms with E-state index in [1.165, 1.54) is 0 Å². The molecule has 1 aromatic rings. The molecule has 1 heterocycles. The van der Waals surface area contributed by atoms with Gasteiger partial charge in [0, 0.05) is 25.0 Å². The van der Waals surface area contributed by atoms with Gasteiger partial charge in [-0.15, -0.1) is 0 Å². The average Bonchev–Trinajstić information content (AvgIpc) is 2.81. The van der Waals surface area contributed by atoms with Gasteiger partial charge in [-0.3, -0.25) is 9.48 Å². The summed E-state index contributed by atoms with van der Waals surface area (Å²) in [5.74, 6) is 0.0883. The van der Waals surface area contributed by atoms with Gasteiger partial charge in [-0.05, 0) is 25.8 Å². The van der Waals surface area contributed by atoms with Gasteiger partial charge in [0.1, 0.15) is 5.69 Å². The molecule has 0 fully saturated rings. The maximum absolute atomic E-state index is 12.5. The maximum Gasteiger partial charge on any atom is 0.272 e. The summed E-state index contributed by atoms with van der Waals surface area (Å²) in [5.41, 5.74) is 1.69. The van der Waals surface area contributed by atoms with E-state index >= 15 is 0 Å². The van der Waals surface area contributed by atoms with Crippen LogP contribution in [0.2, 0.25) is 0 Å². The molecule has 0 atom stereocenters. The smallest absolute Gasteiger partial charge is 0.272 e. The van der Waals surface area contributed by atoms with E-state index in [9.17, 15) is 4.79 Å². The van der Waals surface area contributed by atoms with Gasteiger partial charge < -0.3 is 4.90 Å². The molecule has 0 aromatic carbocycles. The zero-order chi connectivity index (χ0) is 13.5. The minimum absolute atomic E-state index is 0.0883. The minimum Gasteiger partial charge on any atom is -0.336 e. The summed E-state index contributed by atoms with van der Waals surface area (Å²) in [6.07, 6.45) is 1.83. The first kappa shape index (κ1) is 15.2. The molecular weight excluding hydrogens is 294 g/mol. The highest BCUT2D eigenvalue weighted by molar-refractivity contribution is 9.09. The molecule has 0 bridgehead atoms. The maximum atomic E-state index is 12.5. The predicted octanol–water partition coefficient (Wildman–Crippen LogP) is 2.71. The van der Waals surface area contributed by atoms with Gasteiger partial charge in [-0.1, -0.05) is 29.8 Å². The van der Waals surface area contributed by atoms with Crippen LogP contribution in [0.4, 0.5) is 0 Å². The third kappa shape index (κ3) is 3.57. The van der Waals surface area contributed by atoms with Crippen molar-refractivity contribution in [3.63, 3.8) is 0 Å². The fraction of sp³-hybridized carbons (Fsp3) is 0.692. The predicted molar refractivity (Wildman–Crippen MR) is 77.3 cm³/mol. The summed E-state index contributed by atoms with van der Waals surface area (Å²) in [7, 11) is 0. The SMILES string of the molecule is CCCN(CCBr)C(=O)c1cc(CC)nn1CC. The molecule has 1 amide bonds. The summed E-state index contributed by atoms with van der Waals surface area (Å²) in [6, 6.07) is 1.92. The lowest BCUT2D eigenvalue weighted by molar-refractivity contribution is 0.0754. The normalized spacial score (nSPS) is 10.7. The van der Waals surface area contributed by atoms with Gasteiger partial charge in [0.2, 0.25) is 0 Å². The summed E-state index contributed by atoms with van der Waals surface area (Å²) in [6.45, 7) is 8.42. The van der Waals surface area contributed by atoms with E-state index < -0.39 is 0 Å². The van der Waals surface area contributed by atoms with Crippen molar-refractivity contribution in [2.24, 2.45) is 0 Å². The first-order chi connectivity index (χ1) is 8.67. The van der Waals surface area contributed by atoms with Crippen LogP contribution in [0.25, 0.3) is 0 Å². The van der Waals surface area contributed by atoms with Crippen molar-refractivity contribution >= 4 is 21.8 Å². The zero-order valence-electron chi connectivity index (χ0n) is 11.4. The molecule has 4 nitrogen and oxygen atoms in total. The Morgan fingerprint density at radius 3 is 2.61 bits per heavy atom. The first-order valence-corrected chi connectivity index (χ1v) is 7.71. The Morgan fingerprint density at radius 1 is 1.39 bits per heavy atom. The van der Waals surface area contributed by atoms with Crippen molar-refractivity contribution in [2.45, 2.75) is 40.2 Å². The third-order valence-electron chi connectivity index (χ3n) is 2.85. The Hall–Kier alpha value is -0.840. The molecule has 0 aliphatic carbocycles. The lowest BCUT2D eigenvalue weighted by Gasteiger charge is -2.21. The van der Waals surface area contributed by atoms with E-state index in [0.717, 1.165) is 43.5 Å². The summed E-state index contributed by atoms with van der Waals surface area (Å²) >= 11 is 3.40. The Bertz CT molecular complexity index is 384. The fourth-order valence-corrected chi connectivity index (χ4v) is 2.33. The highest BCUT2D eigenvalue weighted by Gasteiger charge is 2.19. The van der Waals surface area contributed by atoms with Crippen LogP contribution in [-0.4, -0.2) is 39.0 Å². The Morgan fingerprint density at radius 2 is 2.11 bits per heavy atom. The minimum atomic E-state index is 0.0883. The number of nitrogens with zero attached hydrogens (tertiary/aromatic N) is 3. The molecule has 0 aliphatic rings. The summed E-state index contributed by atoms with van der Waals surface area (Å²) in [4.78, 5) is 14.4. The Balaban J connectivity index is 2.95. The van der Waals surface area contributed by atoms with Crippen LogP contribution in [0.1, 0.15) is 43.4 Å². The van der Waals surface area contributed by atoms with Gasteiger partial charge in [0.15, 0.2) is 0 Å². The van der Waals surface area contributed by atoms with E-state index in [1.54, 1.807) is 4.68 Å². The zero-order valence-corrected chi connectivity index (χ0v) is 13.0. The van der Waals surface area contributed by atoms with Crippen molar-refractivity contribution in [1.29, 1.82) is 0 Å². The number of alkyl halides is 1. The van der Waals surface area contributed by atoms with E-state index in [2.05, 4.69) is 34.9 Å². The molecule has 0 radical (unpaired) electrons. The summed E-state index contributed by atoms with van der Waals surface area (Å²) < 4.78 is 1.80. The number of carbonyl (C=O) groups excluding carboxylic acids is 1. The second-order valence-corrected chi connectivity index (χ2v) is 4.96. The van der Waals surface area contributed by atoms with Gasteiger partial charge in [-0.25, -0.2) is 0 Å². The van der Waals surface area contributed by atoms with Crippen LogP contribution in [0.15, 0.2) is 6.07 Å². The number of halogens is 1. The van der Waals surface area contributed by atoms with Crippen LogP contribution in [-0.2, 0) is 13.0 Å². The van der Waals surface area contributed by atoms with E-state index in [0.29, 0.717) is 5.69 Å². The number of carbonyl (C=O) groups is 1. The van der Waals surface area contributed by atoms with Crippen molar-refractivity contribution in [3.05, 3.63) is 17.5 Å². The second-order valence-electron chi connectivity index (χ2n) is 4.17. The first-order valence-electron chi connectivity index (χ1n) is 6.59. The van der Waals surface area contributed by atoms with Gasteiger partial charge in [-0.2, -0.15) is 5.10 Å². The molecule has 0 saturated carbocycles. The van der Waals surface area contributed by atoms with Crippen molar-refractivity contribution in [3.8, 4) is 0 Å². The van der Waals surface area contributed by atoms with Gasteiger partial charge >= 0.3 is 0 Å². The molecule has 18 heavy (non-hydrogen) atoms. The number of aromatic nitrogens is 2. The molecule has 0 spiro atoms. The van der Waals surface area contributed by atoms with Crippen LogP contribution in [0.3, 0.4) is 0 Å². The van der Waals surface area contributed by atoms with Crippen LogP contribution < -0.4 is 0 Å². The molecule has 0 unspecified atom stereocenters. The quantitative estimate of drug-likeness (QED) is 0.726. The van der Waals surface area contributed by atoms with Crippen LogP contribution in [0, 0.1) is 0 Å². The largest absolute Gasteiger partial charge is 0.336 e. The number of hydrogen-bond donors (Lipinski definition) is 0. The molecule has 0 saturated heterocycles. The van der Waals surface area contributed by atoms with E-state index in [4.69, 9.17) is 0 Å². The van der Waals surface area contributed by atoms with Crippen molar-refractivity contribution in [2.75, 3.05) is 18.4 Å². The highest BCUT2D eigenvalue weighted by atomic mass is 79.9. The average molecular weight is 316 g/mol. The van der Waals surface area contributed by atoms with Crippen molar-refractivity contribution < 1.29 is 4.79 Å². The Labute approximate surface area is 117 Å². The monoisotopic (exact) mass is 315 g/mol. The molecule has 0 N–H and O–H groups in total. The number of rotatable bonds is 7. The molecule has 0 aliphatic heterocycles. The van der Waals surface area contributed by atoms with Gasteiger partial charge in [0.05, 0.1) is 5.69 Å². The van der Waals surface area contributed by atoms with Crippen LogP contribution >= 0.6 is 15.9 Å². The number of hydrogen-bond acceptors (Lipinski definition) is 2. The topological polar surface area (TPSA) is 38.1 Å². The molecule has 1 aromatic heterocycles.